The molecule has 1 aliphatic rings. The first-order chi connectivity index (χ1) is 13.1. The monoisotopic (exact) mass is 386 g/mol. The zero-order valence-corrected chi connectivity index (χ0v) is 16.5. The fourth-order valence-corrected chi connectivity index (χ4v) is 4.18. The van der Waals surface area contributed by atoms with E-state index in [9.17, 15) is 9.59 Å². The van der Waals surface area contributed by atoms with Crippen molar-refractivity contribution in [2.45, 2.75) is 49.3 Å². The van der Waals surface area contributed by atoms with Gasteiger partial charge in [-0.05, 0) is 49.9 Å². The molecule has 1 atom stereocenters. The van der Waals surface area contributed by atoms with Crippen LogP contribution < -0.4 is 5.32 Å². The van der Waals surface area contributed by atoms with Crippen LogP contribution in [0.5, 0.6) is 0 Å². The number of amides is 2. The van der Waals surface area contributed by atoms with Gasteiger partial charge in [-0.1, -0.05) is 18.2 Å². The lowest BCUT2D eigenvalue weighted by atomic mass is 9.99. The molecule has 144 valence electrons. The van der Waals surface area contributed by atoms with Gasteiger partial charge in [0.2, 0.25) is 5.91 Å². The molecule has 5 nitrogen and oxygen atoms in total. The average molecular weight is 387 g/mol. The molecule has 1 N–H and O–H groups in total. The Morgan fingerprint density at radius 2 is 2.00 bits per heavy atom. The Kier molecular flexibility index (Phi) is 6.98. The number of hydrogen-bond acceptors (Lipinski definition) is 4. The number of carbonyl (C=O) groups excluding carboxylic acids is 2. The van der Waals surface area contributed by atoms with Gasteiger partial charge in [-0.2, -0.15) is 0 Å². The molecular formula is C21H26N2O3S. The Morgan fingerprint density at radius 1 is 1.19 bits per heavy atom. The van der Waals surface area contributed by atoms with Gasteiger partial charge in [-0.3, -0.25) is 9.59 Å². The minimum absolute atomic E-state index is 0.0321. The molecule has 0 aliphatic carbocycles. The molecule has 27 heavy (non-hydrogen) atoms. The van der Waals surface area contributed by atoms with Crippen LogP contribution in [0.2, 0.25) is 0 Å². The van der Waals surface area contributed by atoms with Crippen molar-refractivity contribution in [3.63, 3.8) is 0 Å². The van der Waals surface area contributed by atoms with Gasteiger partial charge in [-0.15, -0.1) is 11.8 Å². The van der Waals surface area contributed by atoms with Crippen LogP contribution in [0.4, 0.5) is 0 Å². The highest BCUT2D eigenvalue weighted by atomic mass is 32.2. The molecule has 1 fully saturated rings. The summed E-state index contributed by atoms with van der Waals surface area (Å²) in [5, 5.41) is 2.83. The molecule has 0 bridgehead atoms. The maximum absolute atomic E-state index is 12.9. The van der Waals surface area contributed by atoms with Crippen LogP contribution in [0, 0.1) is 0 Å². The zero-order chi connectivity index (χ0) is 19.1. The first-order valence-electron chi connectivity index (χ1n) is 9.45. The number of furan rings is 1. The largest absolute Gasteiger partial charge is 0.455 e. The second kappa shape index (κ2) is 9.65. The number of piperidine rings is 1. The van der Waals surface area contributed by atoms with Crippen LogP contribution in [0.1, 0.15) is 48.9 Å². The Hall–Kier alpha value is -2.21. The molecular weight excluding hydrogens is 360 g/mol. The topological polar surface area (TPSA) is 62.6 Å². The van der Waals surface area contributed by atoms with E-state index in [1.54, 1.807) is 17.8 Å². The fraction of sp³-hybridized carbons (Fsp3) is 0.429. The summed E-state index contributed by atoms with van der Waals surface area (Å²) in [6.45, 7) is 2.86. The average Bonchev–Trinajstić information content (AvgIpc) is 3.16. The van der Waals surface area contributed by atoms with Crippen LogP contribution in [0.3, 0.4) is 0 Å². The summed E-state index contributed by atoms with van der Waals surface area (Å²) in [5.74, 6) is 1.83. The number of rotatable bonds is 7. The van der Waals surface area contributed by atoms with Gasteiger partial charge in [0.1, 0.15) is 5.76 Å². The van der Waals surface area contributed by atoms with Crippen LogP contribution >= 0.6 is 11.8 Å². The Balaban J connectivity index is 1.58. The molecule has 0 saturated carbocycles. The maximum Gasteiger partial charge on any atom is 0.289 e. The number of nitrogens with one attached hydrogen (secondary N) is 1. The number of benzene rings is 1. The van der Waals surface area contributed by atoms with E-state index in [4.69, 9.17) is 4.42 Å². The molecule has 1 saturated heterocycles. The number of thioether (sulfide) groups is 1. The predicted molar refractivity (Wildman–Crippen MR) is 107 cm³/mol. The highest BCUT2D eigenvalue weighted by molar-refractivity contribution is 7.98. The van der Waals surface area contributed by atoms with Crippen molar-refractivity contribution in [3.05, 3.63) is 54.0 Å². The van der Waals surface area contributed by atoms with E-state index in [1.165, 1.54) is 11.8 Å². The van der Waals surface area contributed by atoms with E-state index in [0.717, 1.165) is 38.0 Å². The molecule has 3 rings (SSSR count). The lowest BCUT2D eigenvalue weighted by molar-refractivity contribution is -0.119. The fourth-order valence-electron chi connectivity index (χ4n) is 3.37. The van der Waals surface area contributed by atoms with Crippen molar-refractivity contribution < 1.29 is 14.0 Å². The standard InChI is InChI=1S/C21H26N2O3S/c1-16(24)22-13-12-17-7-5-6-14-23(17)21(25)20-11-10-18(26-20)15-27-19-8-3-2-4-9-19/h2-4,8-11,17H,5-7,12-15H2,1H3,(H,22,24)/t17-/m1/s1. The van der Waals surface area contributed by atoms with Gasteiger partial charge in [0.05, 0.1) is 5.75 Å². The van der Waals surface area contributed by atoms with Crippen LogP contribution in [0.15, 0.2) is 51.8 Å². The molecule has 0 spiro atoms. The lowest BCUT2D eigenvalue weighted by Crippen LogP contribution is -2.45. The summed E-state index contributed by atoms with van der Waals surface area (Å²) < 4.78 is 5.83. The van der Waals surface area contributed by atoms with Crippen molar-refractivity contribution in [2.75, 3.05) is 13.1 Å². The highest BCUT2D eigenvalue weighted by Crippen LogP contribution is 2.26. The van der Waals surface area contributed by atoms with Crippen molar-refractivity contribution >= 4 is 23.6 Å². The first-order valence-corrected chi connectivity index (χ1v) is 10.4. The number of nitrogens with zero attached hydrogens (tertiary/aromatic N) is 1. The molecule has 1 aromatic heterocycles. The molecule has 6 heteroatoms. The van der Waals surface area contributed by atoms with E-state index in [0.29, 0.717) is 18.1 Å². The minimum Gasteiger partial charge on any atom is -0.455 e. The van der Waals surface area contributed by atoms with E-state index in [2.05, 4.69) is 17.4 Å². The summed E-state index contributed by atoms with van der Waals surface area (Å²) >= 11 is 1.69. The normalized spacial score (nSPS) is 16.9. The summed E-state index contributed by atoms with van der Waals surface area (Å²) in [6, 6.07) is 14.0. The molecule has 1 aliphatic heterocycles. The Labute approximate surface area is 164 Å². The molecule has 2 heterocycles. The van der Waals surface area contributed by atoms with Gasteiger partial charge in [0.25, 0.3) is 5.91 Å². The van der Waals surface area contributed by atoms with Crippen LogP contribution in [-0.2, 0) is 10.5 Å². The molecule has 1 aromatic carbocycles. The number of likely N-dealkylation sites (tertiary alicyclic amines) is 1. The van der Waals surface area contributed by atoms with Crippen molar-refractivity contribution in [1.82, 2.24) is 10.2 Å². The van der Waals surface area contributed by atoms with E-state index in [-0.39, 0.29) is 17.9 Å². The molecule has 2 amide bonds. The highest BCUT2D eigenvalue weighted by Gasteiger charge is 2.29. The third-order valence-electron chi connectivity index (χ3n) is 4.74. The molecule has 0 unspecified atom stereocenters. The summed E-state index contributed by atoms with van der Waals surface area (Å²) in [7, 11) is 0. The smallest absolute Gasteiger partial charge is 0.289 e. The van der Waals surface area contributed by atoms with E-state index >= 15 is 0 Å². The van der Waals surface area contributed by atoms with Crippen LogP contribution in [0.25, 0.3) is 0 Å². The minimum atomic E-state index is -0.0431. The second-order valence-electron chi connectivity index (χ2n) is 6.79. The maximum atomic E-state index is 12.9. The predicted octanol–water partition coefficient (Wildman–Crippen LogP) is 4.09. The molecule has 2 aromatic rings. The number of hydrogen-bond donors (Lipinski definition) is 1. The van der Waals surface area contributed by atoms with Crippen molar-refractivity contribution in [1.29, 1.82) is 0 Å². The van der Waals surface area contributed by atoms with Crippen molar-refractivity contribution in [2.24, 2.45) is 0 Å². The van der Waals surface area contributed by atoms with E-state index < -0.39 is 0 Å². The first kappa shape index (κ1) is 19.5. The number of carbonyl (C=O) groups is 2. The third kappa shape index (κ3) is 5.63. The van der Waals surface area contributed by atoms with E-state index in [1.807, 2.05) is 29.2 Å². The zero-order valence-electron chi connectivity index (χ0n) is 15.6. The molecule has 0 radical (unpaired) electrons. The summed E-state index contributed by atoms with van der Waals surface area (Å²) in [6.07, 6.45) is 3.89. The lowest BCUT2D eigenvalue weighted by Gasteiger charge is -2.35. The van der Waals surface area contributed by atoms with Gasteiger partial charge in [0, 0.05) is 31.0 Å². The second-order valence-corrected chi connectivity index (χ2v) is 7.84. The Morgan fingerprint density at radius 3 is 2.78 bits per heavy atom. The van der Waals surface area contributed by atoms with Gasteiger partial charge in [-0.25, -0.2) is 0 Å². The summed E-state index contributed by atoms with van der Waals surface area (Å²) in [5.41, 5.74) is 0. The van der Waals surface area contributed by atoms with Gasteiger partial charge in [0.15, 0.2) is 5.76 Å². The SMILES string of the molecule is CC(=O)NCC[C@H]1CCCCN1C(=O)c1ccc(CSc2ccccc2)o1. The van der Waals surface area contributed by atoms with Crippen LogP contribution in [-0.4, -0.2) is 35.8 Å². The third-order valence-corrected chi connectivity index (χ3v) is 5.77. The van der Waals surface area contributed by atoms with Crippen molar-refractivity contribution in [3.8, 4) is 0 Å². The quantitative estimate of drug-likeness (QED) is 0.728. The Bertz CT molecular complexity index is 760. The van der Waals surface area contributed by atoms with Gasteiger partial charge >= 0.3 is 0 Å². The summed E-state index contributed by atoms with van der Waals surface area (Å²) in [4.78, 5) is 27.1. The van der Waals surface area contributed by atoms with Gasteiger partial charge < -0.3 is 14.6 Å².